The van der Waals surface area contributed by atoms with E-state index in [1.165, 1.54) is 45.3 Å². The number of Topliss-reactive ketones (excluding diaryl/α,β-unsaturated/α-hetero) is 1. The van der Waals surface area contributed by atoms with Crippen molar-refractivity contribution in [1.29, 1.82) is 0 Å². The number of hydrogen-bond acceptors (Lipinski definition) is 2. The predicted molar refractivity (Wildman–Crippen MR) is 85.2 cm³/mol. The highest BCUT2D eigenvalue weighted by Crippen LogP contribution is 2.13. The van der Waals surface area contributed by atoms with Crippen molar-refractivity contribution in [3.63, 3.8) is 0 Å². The van der Waals surface area contributed by atoms with Crippen molar-refractivity contribution < 1.29 is 14.4 Å². The second kappa shape index (κ2) is 8.83. The van der Waals surface area contributed by atoms with Crippen LogP contribution in [0.15, 0.2) is 24.3 Å². The summed E-state index contributed by atoms with van der Waals surface area (Å²) in [6.45, 7) is 6.65. The van der Waals surface area contributed by atoms with Crippen LogP contribution >= 0.6 is 0 Å². The molecule has 1 fully saturated rings. The molecule has 1 aliphatic heterocycles. The molecule has 0 bridgehead atoms. The number of ketones is 1. The highest BCUT2D eigenvalue weighted by atomic mass is 16.5. The van der Waals surface area contributed by atoms with Gasteiger partial charge in [-0.2, -0.15) is 0 Å². The van der Waals surface area contributed by atoms with Crippen molar-refractivity contribution in [3.8, 4) is 5.75 Å². The summed E-state index contributed by atoms with van der Waals surface area (Å²) in [6, 6.07) is 7.52. The molecule has 1 N–H and O–H groups in total. The number of unbranched alkanes of at least 4 members (excludes halogenated alkanes) is 1. The summed E-state index contributed by atoms with van der Waals surface area (Å²) in [5.74, 6) is 1.05. The van der Waals surface area contributed by atoms with E-state index in [1.807, 2.05) is 31.2 Å². The van der Waals surface area contributed by atoms with Crippen LogP contribution in [-0.2, 0) is 0 Å². The fraction of sp³-hybridized carbons (Fsp3) is 0.611. The Morgan fingerprint density at radius 3 is 2.48 bits per heavy atom. The number of rotatable bonds is 8. The largest absolute Gasteiger partial charge is 0.494 e. The van der Waals surface area contributed by atoms with Gasteiger partial charge in [-0.25, -0.2) is 0 Å². The molecule has 0 unspecified atom stereocenters. The van der Waals surface area contributed by atoms with Crippen LogP contribution in [0.2, 0.25) is 0 Å². The van der Waals surface area contributed by atoms with Crippen LogP contribution < -0.4 is 9.64 Å². The van der Waals surface area contributed by atoms with Gasteiger partial charge in [-0.1, -0.05) is 6.92 Å². The first-order valence-corrected chi connectivity index (χ1v) is 8.39. The van der Waals surface area contributed by atoms with Gasteiger partial charge in [-0.05, 0) is 56.4 Å². The molecule has 1 heterocycles. The third-order valence-electron chi connectivity index (χ3n) is 4.25. The van der Waals surface area contributed by atoms with Crippen molar-refractivity contribution in [1.82, 2.24) is 0 Å². The van der Waals surface area contributed by atoms with Gasteiger partial charge in [0.1, 0.15) is 5.75 Å². The summed E-state index contributed by atoms with van der Waals surface area (Å²) in [4.78, 5) is 13.3. The van der Waals surface area contributed by atoms with E-state index in [-0.39, 0.29) is 5.78 Å². The minimum Gasteiger partial charge on any atom is -0.494 e. The SMILES string of the molecule is CCC(=O)c1ccc(OCCCC[NH+]2CCCCC2)cc1. The summed E-state index contributed by atoms with van der Waals surface area (Å²) in [5.41, 5.74) is 0.776. The van der Waals surface area contributed by atoms with Crippen LogP contribution in [0.4, 0.5) is 0 Å². The second-order valence-electron chi connectivity index (χ2n) is 5.92. The molecule has 116 valence electrons. The Balaban J connectivity index is 1.61. The lowest BCUT2D eigenvalue weighted by molar-refractivity contribution is -0.905. The molecular weight excluding hydrogens is 262 g/mol. The number of quaternary nitrogens is 1. The molecule has 0 atom stereocenters. The molecule has 1 aromatic carbocycles. The Morgan fingerprint density at radius 1 is 1.10 bits per heavy atom. The zero-order chi connectivity index (χ0) is 14.9. The molecule has 0 amide bonds. The van der Waals surface area contributed by atoms with Crippen molar-refractivity contribution >= 4 is 5.78 Å². The van der Waals surface area contributed by atoms with E-state index < -0.39 is 0 Å². The van der Waals surface area contributed by atoms with Crippen LogP contribution in [0.1, 0.15) is 55.8 Å². The highest BCUT2D eigenvalue weighted by molar-refractivity contribution is 5.95. The van der Waals surface area contributed by atoms with Crippen LogP contribution in [0, 0.1) is 0 Å². The lowest BCUT2D eigenvalue weighted by Gasteiger charge is -2.23. The molecule has 1 aliphatic rings. The van der Waals surface area contributed by atoms with Crippen LogP contribution in [-0.4, -0.2) is 32.0 Å². The third-order valence-corrected chi connectivity index (χ3v) is 4.25. The molecule has 3 heteroatoms. The van der Waals surface area contributed by atoms with Gasteiger partial charge < -0.3 is 9.64 Å². The molecule has 0 aliphatic carbocycles. The fourth-order valence-corrected chi connectivity index (χ4v) is 2.91. The summed E-state index contributed by atoms with van der Waals surface area (Å²) in [5, 5.41) is 0. The summed E-state index contributed by atoms with van der Waals surface area (Å²) in [7, 11) is 0. The predicted octanol–water partition coefficient (Wildman–Crippen LogP) is 2.51. The number of carbonyl (C=O) groups excluding carboxylic acids is 1. The van der Waals surface area contributed by atoms with E-state index in [2.05, 4.69) is 0 Å². The van der Waals surface area contributed by atoms with Gasteiger partial charge in [-0.3, -0.25) is 4.79 Å². The van der Waals surface area contributed by atoms with Crippen LogP contribution in [0.5, 0.6) is 5.75 Å². The van der Waals surface area contributed by atoms with Crippen LogP contribution in [0.3, 0.4) is 0 Å². The van der Waals surface area contributed by atoms with E-state index in [4.69, 9.17) is 4.74 Å². The first-order valence-electron chi connectivity index (χ1n) is 8.39. The van der Waals surface area contributed by atoms with Gasteiger partial charge in [0.15, 0.2) is 5.78 Å². The molecule has 1 saturated heterocycles. The fourth-order valence-electron chi connectivity index (χ4n) is 2.91. The minimum atomic E-state index is 0.186. The smallest absolute Gasteiger partial charge is 0.162 e. The maximum Gasteiger partial charge on any atom is 0.162 e. The van der Waals surface area contributed by atoms with Gasteiger partial charge in [0.05, 0.1) is 26.2 Å². The van der Waals surface area contributed by atoms with E-state index in [0.29, 0.717) is 6.42 Å². The molecule has 21 heavy (non-hydrogen) atoms. The number of piperidine rings is 1. The quantitative estimate of drug-likeness (QED) is 0.589. The van der Waals surface area contributed by atoms with Gasteiger partial charge >= 0.3 is 0 Å². The van der Waals surface area contributed by atoms with E-state index in [1.54, 1.807) is 4.90 Å². The van der Waals surface area contributed by atoms with Crippen molar-refractivity contribution in [2.75, 3.05) is 26.2 Å². The minimum absolute atomic E-state index is 0.186. The topological polar surface area (TPSA) is 30.7 Å². The Bertz CT molecular complexity index is 421. The monoisotopic (exact) mass is 290 g/mol. The second-order valence-corrected chi connectivity index (χ2v) is 5.92. The molecule has 3 nitrogen and oxygen atoms in total. The average molecular weight is 290 g/mol. The zero-order valence-electron chi connectivity index (χ0n) is 13.2. The average Bonchev–Trinajstić information content (AvgIpc) is 2.55. The Kier molecular flexibility index (Phi) is 6.74. The van der Waals surface area contributed by atoms with E-state index in [0.717, 1.165) is 24.3 Å². The van der Waals surface area contributed by atoms with Crippen molar-refractivity contribution in [3.05, 3.63) is 29.8 Å². The maximum atomic E-state index is 11.5. The van der Waals surface area contributed by atoms with Gasteiger partial charge in [-0.15, -0.1) is 0 Å². The normalized spacial score (nSPS) is 15.9. The summed E-state index contributed by atoms with van der Waals surface area (Å²) >= 11 is 0. The van der Waals surface area contributed by atoms with Crippen molar-refractivity contribution in [2.24, 2.45) is 0 Å². The van der Waals surface area contributed by atoms with Gasteiger partial charge in [0.2, 0.25) is 0 Å². The standard InChI is InChI=1S/C18H27NO2/c1-2-18(20)16-8-10-17(11-9-16)21-15-7-6-14-19-12-4-3-5-13-19/h8-11H,2-7,12-15H2,1H3/p+1. The Morgan fingerprint density at radius 2 is 1.81 bits per heavy atom. The molecule has 0 saturated carbocycles. The number of ether oxygens (including phenoxy) is 1. The summed E-state index contributed by atoms with van der Waals surface area (Å²) in [6.07, 6.45) is 7.12. The molecule has 0 radical (unpaired) electrons. The lowest BCUT2D eigenvalue weighted by Crippen LogP contribution is -3.12. The third kappa shape index (κ3) is 5.50. The first-order chi connectivity index (χ1) is 10.3. The number of carbonyl (C=O) groups is 1. The summed E-state index contributed by atoms with van der Waals surface area (Å²) < 4.78 is 5.74. The van der Waals surface area contributed by atoms with E-state index in [9.17, 15) is 4.79 Å². The van der Waals surface area contributed by atoms with Gasteiger partial charge in [0, 0.05) is 12.0 Å². The molecule has 2 rings (SSSR count). The molecule has 1 aromatic rings. The van der Waals surface area contributed by atoms with E-state index >= 15 is 0 Å². The number of likely N-dealkylation sites (tertiary alicyclic amines) is 1. The highest BCUT2D eigenvalue weighted by Gasteiger charge is 2.12. The van der Waals surface area contributed by atoms with Crippen LogP contribution in [0.25, 0.3) is 0 Å². The van der Waals surface area contributed by atoms with Crippen molar-refractivity contribution in [2.45, 2.75) is 45.4 Å². The molecule has 0 aromatic heterocycles. The Labute approximate surface area is 128 Å². The Hall–Kier alpha value is -1.35. The molecular formula is C18H28NO2+. The number of hydrogen-bond donors (Lipinski definition) is 1. The maximum absolute atomic E-state index is 11.5. The number of nitrogens with one attached hydrogen (secondary N) is 1. The number of benzene rings is 1. The zero-order valence-corrected chi connectivity index (χ0v) is 13.2. The first kappa shape index (κ1) is 16.0. The van der Waals surface area contributed by atoms with Gasteiger partial charge in [0.25, 0.3) is 0 Å². The molecule has 0 spiro atoms. The lowest BCUT2D eigenvalue weighted by atomic mass is 10.1.